The Hall–Kier alpha value is -4.28. The number of methoxy groups -OCH3 is 1. The lowest BCUT2D eigenvalue weighted by molar-refractivity contribution is -0.127. The number of rotatable bonds is 9. The fraction of sp³-hybridized carbons (Fsp3) is 0.143. The summed E-state index contributed by atoms with van der Waals surface area (Å²) in [6.45, 7) is 1.15. The molecule has 4 rings (SSSR count). The Morgan fingerprint density at radius 1 is 0.974 bits per heavy atom. The van der Waals surface area contributed by atoms with Crippen LogP contribution in [-0.4, -0.2) is 48.1 Å². The minimum absolute atomic E-state index is 0.0905. The number of benzene rings is 3. The molecule has 200 valence electrons. The van der Waals surface area contributed by atoms with Crippen LogP contribution < -0.4 is 20.1 Å². The van der Waals surface area contributed by atoms with Crippen LogP contribution in [0.5, 0.6) is 11.5 Å². The molecule has 0 spiro atoms. The molecule has 11 heteroatoms. The number of imide groups is 1. The molecule has 1 aliphatic heterocycles. The first-order chi connectivity index (χ1) is 18.7. The monoisotopic (exact) mass is 565 g/mol. The molecule has 2 N–H and O–H groups in total. The molecule has 0 radical (unpaired) electrons. The van der Waals surface area contributed by atoms with E-state index >= 15 is 0 Å². The van der Waals surface area contributed by atoms with Crippen LogP contribution in [0.15, 0.2) is 71.6 Å². The van der Waals surface area contributed by atoms with Gasteiger partial charge in [-0.25, -0.2) is 0 Å². The molecule has 1 saturated heterocycles. The number of para-hydroxylation sites is 2. The van der Waals surface area contributed by atoms with E-state index < -0.39 is 23.6 Å². The molecule has 0 aromatic heterocycles. The van der Waals surface area contributed by atoms with Crippen LogP contribution >= 0.6 is 23.4 Å². The molecule has 1 fully saturated rings. The number of carbonyl (C=O) groups is 4. The van der Waals surface area contributed by atoms with Gasteiger partial charge in [-0.15, -0.1) is 0 Å². The lowest BCUT2D eigenvalue weighted by atomic mass is 10.1. The molecule has 1 aliphatic rings. The van der Waals surface area contributed by atoms with Crippen LogP contribution in [0.1, 0.15) is 11.1 Å². The molecule has 3 aromatic rings. The number of amides is 4. The van der Waals surface area contributed by atoms with Crippen LogP contribution in [0.4, 0.5) is 16.2 Å². The first-order valence-electron chi connectivity index (χ1n) is 11.7. The third-order valence-corrected chi connectivity index (χ3v) is 6.76. The Balaban J connectivity index is 1.47. The van der Waals surface area contributed by atoms with Gasteiger partial charge in [0.2, 0.25) is 5.91 Å². The maximum atomic E-state index is 13.0. The maximum absolute atomic E-state index is 13.0. The first kappa shape index (κ1) is 27.7. The quantitative estimate of drug-likeness (QED) is 0.336. The van der Waals surface area contributed by atoms with Gasteiger partial charge in [0.1, 0.15) is 6.54 Å². The van der Waals surface area contributed by atoms with E-state index in [4.69, 9.17) is 21.1 Å². The second-order valence-electron chi connectivity index (χ2n) is 8.38. The molecule has 0 aliphatic carbocycles. The largest absolute Gasteiger partial charge is 0.493 e. The van der Waals surface area contributed by atoms with Gasteiger partial charge in [0.15, 0.2) is 18.1 Å². The fourth-order valence-corrected chi connectivity index (χ4v) is 4.62. The van der Waals surface area contributed by atoms with E-state index in [-0.39, 0.29) is 23.2 Å². The van der Waals surface area contributed by atoms with Crippen molar-refractivity contribution in [3.63, 3.8) is 0 Å². The average Bonchev–Trinajstić information content (AvgIpc) is 3.17. The molecular formula is C28H24ClN3O6S. The van der Waals surface area contributed by atoms with Crippen molar-refractivity contribution < 1.29 is 28.7 Å². The van der Waals surface area contributed by atoms with Gasteiger partial charge in [-0.1, -0.05) is 53.6 Å². The van der Waals surface area contributed by atoms with Crippen LogP contribution in [0.3, 0.4) is 0 Å². The summed E-state index contributed by atoms with van der Waals surface area (Å²) in [6.07, 6.45) is 1.46. The number of carbonyl (C=O) groups excluding carboxylic acids is 4. The summed E-state index contributed by atoms with van der Waals surface area (Å²) in [6, 6.07) is 19.0. The molecule has 0 saturated carbocycles. The number of nitrogens with one attached hydrogen (secondary N) is 2. The summed E-state index contributed by atoms with van der Waals surface area (Å²) in [4.78, 5) is 51.5. The molecule has 9 nitrogen and oxygen atoms in total. The Kier molecular flexibility index (Phi) is 8.90. The molecule has 39 heavy (non-hydrogen) atoms. The molecule has 1 heterocycles. The Morgan fingerprint density at radius 3 is 2.44 bits per heavy atom. The lowest BCUT2D eigenvalue weighted by Gasteiger charge is -2.14. The summed E-state index contributed by atoms with van der Waals surface area (Å²) in [5.41, 5.74) is 2.48. The Bertz CT molecular complexity index is 1460. The van der Waals surface area contributed by atoms with Gasteiger partial charge in [0, 0.05) is 11.3 Å². The van der Waals surface area contributed by atoms with Gasteiger partial charge >= 0.3 is 0 Å². The van der Waals surface area contributed by atoms with Crippen molar-refractivity contribution in [1.82, 2.24) is 4.90 Å². The van der Waals surface area contributed by atoms with Gasteiger partial charge in [0.25, 0.3) is 17.1 Å². The van der Waals surface area contributed by atoms with Crippen molar-refractivity contribution in [2.75, 3.05) is 30.9 Å². The molecule has 0 unspecified atom stereocenters. The number of hydrogen-bond acceptors (Lipinski definition) is 7. The minimum Gasteiger partial charge on any atom is -0.493 e. The molecule has 0 bridgehead atoms. The number of nitrogens with zero attached hydrogens (tertiary/aromatic N) is 1. The van der Waals surface area contributed by atoms with Crippen LogP contribution in [0.2, 0.25) is 5.02 Å². The summed E-state index contributed by atoms with van der Waals surface area (Å²) in [5.74, 6) is -1.03. The molecule has 3 aromatic carbocycles. The highest BCUT2D eigenvalue weighted by atomic mass is 35.5. The van der Waals surface area contributed by atoms with Crippen molar-refractivity contribution in [1.29, 1.82) is 0 Å². The standard InChI is InChI=1S/C28H24ClN3O6S/c1-17-10-12-19(13-11-17)30-25(34)16-38-26-18(6-5-9-22(26)37-2)14-23-27(35)32(28(36)39-23)15-24(33)31-21-8-4-3-7-20(21)29/h3-14H,15-16H2,1-2H3,(H,30,34)(H,31,33)/b23-14+. The van der Waals surface area contributed by atoms with E-state index in [0.29, 0.717) is 39.5 Å². The van der Waals surface area contributed by atoms with E-state index in [2.05, 4.69) is 10.6 Å². The zero-order chi connectivity index (χ0) is 27.9. The molecular weight excluding hydrogens is 542 g/mol. The molecule has 4 amide bonds. The highest BCUT2D eigenvalue weighted by molar-refractivity contribution is 8.18. The second kappa shape index (κ2) is 12.5. The smallest absolute Gasteiger partial charge is 0.294 e. The van der Waals surface area contributed by atoms with E-state index in [1.165, 1.54) is 13.2 Å². The topological polar surface area (TPSA) is 114 Å². The maximum Gasteiger partial charge on any atom is 0.294 e. The van der Waals surface area contributed by atoms with E-state index in [9.17, 15) is 19.2 Å². The van der Waals surface area contributed by atoms with Crippen LogP contribution in [0.25, 0.3) is 6.08 Å². The predicted molar refractivity (Wildman–Crippen MR) is 151 cm³/mol. The van der Waals surface area contributed by atoms with E-state index in [1.54, 1.807) is 54.6 Å². The number of aryl methyl sites for hydroxylation is 1. The summed E-state index contributed by atoms with van der Waals surface area (Å²) >= 11 is 6.76. The Labute approximate surface area is 234 Å². The normalized spacial score (nSPS) is 13.9. The third-order valence-electron chi connectivity index (χ3n) is 5.52. The average molecular weight is 566 g/mol. The number of halogens is 1. The zero-order valence-corrected chi connectivity index (χ0v) is 22.6. The first-order valence-corrected chi connectivity index (χ1v) is 12.9. The summed E-state index contributed by atoms with van der Waals surface area (Å²) in [5, 5.41) is 5.08. The second-order valence-corrected chi connectivity index (χ2v) is 9.78. The van der Waals surface area contributed by atoms with Crippen LogP contribution in [-0.2, 0) is 14.4 Å². The summed E-state index contributed by atoms with van der Waals surface area (Å²) < 4.78 is 11.2. The SMILES string of the molecule is COc1cccc(/C=C2/SC(=O)N(CC(=O)Nc3ccccc3Cl)C2=O)c1OCC(=O)Nc1ccc(C)cc1. The zero-order valence-electron chi connectivity index (χ0n) is 21.0. The third kappa shape index (κ3) is 6.98. The fourth-order valence-electron chi connectivity index (χ4n) is 3.61. The number of thioether (sulfide) groups is 1. The van der Waals surface area contributed by atoms with Crippen LogP contribution in [0, 0.1) is 6.92 Å². The predicted octanol–water partition coefficient (Wildman–Crippen LogP) is 5.35. The number of ether oxygens (including phenoxy) is 2. The lowest BCUT2D eigenvalue weighted by Crippen LogP contribution is -2.36. The van der Waals surface area contributed by atoms with Gasteiger partial charge < -0.3 is 20.1 Å². The summed E-state index contributed by atoms with van der Waals surface area (Å²) in [7, 11) is 1.45. The van der Waals surface area contributed by atoms with Crippen molar-refractivity contribution >= 4 is 63.8 Å². The highest BCUT2D eigenvalue weighted by Crippen LogP contribution is 2.37. The van der Waals surface area contributed by atoms with Crippen molar-refractivity contribution in [3.05, 3.63) is 87.8 Å². The number of hydrogen-bond donors (Lipinski definition) is 2. The van der Waals surface area contributed by atoms with Gasteiger partial charge in [-0.3, -0.25) is 24.1 Å². The van der Waals surface area contributed by atoms with Gasteiger partial charge in [0.05, 0.1) is 22.7 Å². The highest BCUT2D eigenvalue weighted by Gasteiger charge is 2.36. The molecule has 0 atom stereocenters. The van der Waals surface area contributed by atoms with E-state index in [0.717, 1.165) is 10.5 Å². The van der Waals surface area contributed by atoms with Crippen molar-refractivity contribution in [3.8, 4) is 11.5 Å². The van der Waals surface area contributed by atoms with E-state index in [1.807, 2.05) is 19.1 Å². The van der Waals surface area contributed by atoms with Crippen molar-refractivity contribution in [2.24, 2.45) is 0 Å². The van der Waals surface area contributed by atoms with Crippen molar-refractivity contribution in [2.45, 2.75) is 6.92 Å². The van der Waals surface area contributed by atoms with Gasteiger partial charge in [-0.2, -0.15) is 0 Å². The minimum atomic E-state index is -0.634. The van der Waals surface area contributed by atoms with Gasteiger partial charge in [-0.05, 0) is 55.1 Å². The Morgan fingerprint density at radius 2 is 1.72 bits per heavy atom. The number of anilines is 2.